The summed E-state index contributed by atoms with van der Waals surface area (Å²) in [5, 5.41) is 2.54. The number of ether oxygens (including phenoxy) is 2. The van der Waals surface area contributed by atoms with Crippen molar-refractivity contribution in [3.63, 3.8) is 0 Å². The molecule has 47 heavy (non-hydrogen) atoms. The van der Waals surface area contributed by atoms with Crippen LogP contribution in [0.2, 0.25) is 10.0 Å². The number of furan rings is 1. The molecule has 0 unspecified atom stereocenters. The maximum Gasteiger partial charge on any atom is 0.338 e. The van der Waals surface area contributed by atoms with Crippen molar-refractivity contribution in [2.45, 2.75) is 13.0 Å². The van der Waals surface area contributed by atoms with Gasteiger partial charge in [0.1, 0.15) is 23.3 Å². The van der Waals surface area contributed by atoms with Crippen LogP contribution >= 0.6 is 34.5 Å². The van der Waals surface area contributed by atoms with Crippen LogP contribution in [0.3, 0.4) is 0 Å². The molecule has 0 spiro atoms. The van der Waals surface area contributed by atoms with E-state index in [-0.39, 0.29) is 17.7 Å². The lowest BCUT2D eigenvalue weighted by molar-refractivity contribution is -0.138. The molecule has 6 aromatic rings. The topological polar surface area (TPSA) is 83.0 Å². The number of hydrogen-bond acceptors (Lipinski definition) is 7. The third kappa shape index (κ3) is 5.48. The Hall–Kier alpha value is -4.89. The molecule has 1 aliphatic rings. The monoisotopic (exact) mass is 680 g/mol. The van der Waals surface area contributed by atoms with Gasteiger partial charge in [0.25, 0.3) is 5.56 Å². The first-order valence-electron chi connectivity index (χ1n) is 14.8. The Morgan fingerprint density at radius 2 is 1.77 bits per heavy atom. The maximum absolute atomic E-state index is 14.5. The zero-order valence-electron chi connectivity index (χ0n) is 25.2. The van der Waals surface area contributed by atoms with Crippen LogP contribution < -0.4 is 19.6 Å². The molecular formula is C37H26Cl2N2O5S. The van der Waals surface area contributed by atoms with E-state index in [0.717, 1.165) is 10.8 Å². The summed E-state index contributed by atoms with van der Waals surface area (Å²) < 4.78 is 19.6. The Labute approximate surface area is 283 Å². The van der Waals surface area contributed by atoms with Crippen LogP contribution in [0.15, 0.2) is 117 Å². The highest BCUT2D eigenvalue weighted by atomic mass is 35.5. The molecule has 3 heterocycles. The molecule has 0 bridgehead atoms. The molecule has 0 N–H and O–H groups in total. The molecule has 0 saturated carbocycles. The van der Waals surface area contributed by atoms with Gasteiger partial charge in [-0.05, 0) is 48.0 Å². The minimum atomic E-state index is -0.916. The van der Waals surface area contributed by atoms with E-state index < -0.39 is 12.0 Å². The quantitative estimate of drug-likeness (QED) is 0.162. The largest absolute Gasteiger partial charge is 0.496 e. The number of halogens is 2. The van der Waals surface area contributed by atoms with Crippen LogP contribution in [0, 0.1) is 0 Å². The number of esters is 1. The molecule has 0 amide bonds. The molecule has 7 nitrogen and oxygen atoms in total. The van der Waals surface area contributed by atoms with Gasteiger partial charge in [0.15, 0.2) is 4.80 Å². The van der Waals surface area contributed by atoms with Crippen molar-refractivity contribution in [3.05, 3.63) is 149 Å². The lowest BCUT2D eigenvalue weighted by Gasteiger charge is -2.28. The standard InChI is InChI=1S/C37H26Cl2N2O5S/c1-3-45-36(43)31-33(22-11-5-4-6-12-22)40-37-41(34(31)30-24-13-8-7-10-21(24)16-18-28(30)44-2)35(42)29(47-37)20-23-17-19-27(46-23)25-14-9-15-26(38)32(25)39/h4-20,34H,3H2,1-2H3/b29-20+/t34-/m1/s1. The van der Waals surface area contributed by atoms with Crippen molar-refractivity contribution in [3.8, 4) is 17.1 Å². The van der Waals surface area contributed by atoms with E-state index >= 15 is 0 Å². The number of methoxy groups -OCH3 is 1. The summed E-state index contributed by atoms with van der Waals surface area (Å²) in [7, 11) is 1.57. The normalized spacial score (nSPS) is 14.6. The van der Waals surface area contributed by atoms with E-state index in [1.54, 1.807) is 48.9 Å². The first-order valence-corrected chi connectivity index (χ1v) is 16.3. The van der Waals surface area contributed by atoms with Crippen molar-refractivity contribution < 1.29 is 18.7 Å². The van der Waals surface area contributed by atoms with E-state index in [1.165, 1.54) is 11.3 Å². The van der Waals surface area contributed by atoms with Crippen LogP contribution in [0.5, 0.6) is 5.75 Å². The number of fused-ring (bicyclic) bond motifs is 2. The van der Waals surface area contributed by atoms with Gasteiger partial charge in [-0.2, -0.15) is 0 Å². The maximum atomic E-state index is 14.5. The number of aromatic nitrogens is 1. The van der Waals surface area contributed by atoms with E-state index in [0.29, 0.717) is 59.0 Å². The third-order valence-corrected chi connectivity index (χ3v) is 9.72. The Balaban J connectivity index is 1.51. The summed E-state index contributed by atoms with van der Waals surface area (Å²) in [5.41, 5.74) is 2.32. The second-order valence-electron chi connectivity index (χ2n) is 10.6. The van der Waals surface area contributed by atoms with Gasteiger partial charge in [0.2, 0.25) is 0 Å². The van der Waals surface area contributed by atoms with E-state index in [1.807, 2.05) is 72.8 Å². The number of nitrogens with zero attached hydrogens (tertiary/aromatic N) is 2. The van der Waals surface area contributed by atoms with Gasteiger partial charge in [-0.3, -0.25) is 9.36 Å². The highest BCUT2D eigenvalue weighted by molar-refractivity contribution is 7.07. The fraction of sp³-hybridized carbons (Fsp3) is 0.108. The van der Waals surface area contributed by atoms with Gasteiger partial charge in [-0.25, -0.2) is 9.79 Å². The molecule has 0 saturated heterocycles. The van der Waals surface area contributed by atoms with Gasteiger partial charge in [0.05, 0.1) is 39.6 Å². The molecule has 234 valence electrons. The lowest BCUT2D eigenvalue weighted by Crippen LogP contribution is -2.40. The molecule has 2 aromatic heterocycles. The molecule has 0 aliphatic carbocycles. The Bertz CT molecular complexity index is 2390. The second-order valence-corrected chi connectivity index (χ2v) is 12.4. The van der Waals surface area contributed by atoms with Crippen LogP contribution in [0.25, 0.3) is 33.9 Å². The first kappa shape index (κ1) is 30.7. The average molecular weight is 682 g/mol. The summed E-state index contributed by atoms with van der Waals surface area (Å²) in [6, 6.07) is 28.9. The number of hydrogen-bond donors (Lipinski definition) is 0. The minimum Gasteiger partial charge on any atom is -0.496 e. The summed E-state index contributed by atoms with van der Waals surface area (Å²) >= 11 is 13.9. The van der Waals surface area contributed by atoms with Crippen molar-refractivity contribution in [1.29, 1.82) is 0 Å². The zero-order chi connectivity index (χ0) is 32.7. The lowest BCUT2D eigenvalue weighted by atomic mass is 9.89. The molecule has 1 atom stereocenters. The zero-order valence-corrected chi connectivity index (χ0v) is 27.5. The predicted octanol–water partition coefficient (Wildman–Crippen LogP) is 7.66. The van der Waals surface area contributed by atoms with E-state index in [9.17, 15) is 9.59 Å². The van der Waals surface area contributed by atoms with E-state index in [2.05, 4.69) is 0 Å². The molecule has 0 fully saturated rings. The second kappa shape index (κ2) is 12.7. The van der Waals surface area contributed by atoms with E-state index in [4.69, 9.17) is 42.1 Å². The SMILES string of the molecule is CCOC(=O)C1=C(c2ccccc2)N=c2s/c(=C/c3ccc(-c4cccc(Cl)c4Cl)o3)c(=O)n2[C@@H]1c1c(OC)ccc2ccccc12. The fourth-order valence-electron chi connectivity index (χ4n) is 5.85. The summed E-state index contributed by atoms with van der Waals surface area (Å²) in [6.07, 6.45) is 1.67. The molecule has 0 radical (unpaired) electrons. The number of benzene rings is 4. The first-order chi connectivity index (χ1) is 22.9. The van der Waals surface area contributed by atoms with Gasteiger partial charge < -0.3 is 13.9 Å². The highest BCUT2D eigenvalue weighted by Gasteiger charge is 2.37. The van der Waals surface area contributed by atoms with Crippen molar-refractivity contribution in [2.75, 3.05) is 13.7 Å². The number of carbonyl (C=O) groups excluding carboxylic acids is 1. The molecule has 1 aliphatic heterocycles. The number of rotatable bonds is 7. The average Bonchev–Trinajstić information content (AvgIpc) is 3.68. The van der Waals surface area contributed by atoms with Crippen LogP contribution in [0.4, 0.5) is 0 Å². The van der Waals surface area contributed by atoms with Crippen molar-refractivity contribution in [1.82, 2.24) is 4.57 Å². The molecule has 4 aromatic carbocycles. The third-order valence-electron chi connectivity index (χ3n) is 7.91. The molecular weight excluding hydrogens is 655 g/mol. The summed E-state index contributed by atoms with van der Waals surface area (Å²) in [4.78, 5) is 33.8. The summed E-state index contributed by atoms with van der Waals surface area (Å²) in [6.45, 7) is 1.89. The van der Waals surface area contributed by atoms with Crippen molar-refractivity contribution in [2.24, 2.45) is 4.99 Å². The number of thiazole rings is 1. The Morgan fingerprint density at radius 1 is 0.979 bits per heavy atom. The van der Waals surface area contributed by atoms with Crippen LogP contribution in [-0.2, 0) is 9.53 Å². The van der Waals surface area contributed by atoms with Crippen LogP contribution in [0.1, 0.15) is 29.9 Å². The van der Waals surface area contributed by atoms with Crippen LogP contribution in [-0.4, -0.2) is 24.3 Å². The summed E-state index contributed by atoms with van der Waals surface area (Å²) in [5.74, 6) is 0.895. The fourth-order valence-corrected chi connectivity index (χ4v) is 7.22. The molecule has 10 heteroatoms. The number of carbonyl (C=O) groups is 1. The van der Waals surface area contributed by atoms with Crippen molar-refractivity contribution >= 4 is 63.1 Å². The minimum absolute atomic E-state index is 0.145. The van der Waals surface area contributed by atoms with Gasteiger partial charge in [0, 0.05) is 22.8 Å². The van der Waals surface area contributed by atoms with Gasteiger partial charge >= 0.3 is 5.97 Å². The smallest absolute Gasteiger partial charge is 0.338 e. The molecule has 7 rings (SSSR count). The Morgan fingerprint density at radius 3 is 2.55 bits per heavy atom. The Kier molecular flexibility index (Phi) is 8.32. The predicted molar refractivity (Wildman–Crippen MR) is 186 cm³/mol. The van der Waals surface area contributed by atoms with Gasteiger partial charge in [-0.1, -0.05) is 101 Å². The highest BCUT2D eigenvalue weighted by Crippen LogP contribution is 2.42. The van der Waals surface area contributed by atoms with Gasteiger partial charge in [-0.15, -0.1) is 0 Å².